The van der Waals surface area contributed by atoms with Crippen LogP contribution in [0.25, 0.3) is 0 Å². The Kier molecular flexibility index (Phi) is 4.96. The van der Waals surface area contributed by atoms with Gasteiger partial charge >= 0.3 is 0 Å². The summed E-state index contributed by atoms with van der Waals surface area (Å²) in [7, 11) is 2.04. The van der Waals surface area contributed by atoms with Crippen molar-refractivity contribution >= 4 is 0 Å². The van der Waals surface area contributed by atoms with Crippen LogP contribution in [0.3, 0.4) is 0 Å². The monoisotopic (exact) mass is 271 g/mol. The number of imidazole rings is 1. The first kappa shape index (κ1) is 14.8. The summed E-state index contributed by atoms with van der Waals surface area (Å²) in [6.07, 6.45) is 4.97. The molecule has 108 valence electrons. The maximum absolute atomic E-state index is 4.44. The Morgan fingerprint density at radius 1 is 1.15 bits per heavy atom. The third kappa shape index (κ3) is 3.70. The molecule has 3 nitrogen and oxygen atoms in total. The van der Waals surface area contributed by atoms with E-state index in [1.54, 1.807) is 0 Å². The first-order chi connectivity index (χ1) is 9.58. The Hall–Kier alpha value is -1.61. The molecule has 0 fully saturated rings. The van der Waals surface area contributed by atoms with Gasteiger partial charge in [0.05, 0.1) is 6.04 Å². The molecule has 0 spiro atoms. The van der Waals surface area contributed by atoms with Crippen molar-refractivity contribution in [1.29, 1.82) is 0 Å². The smallest absolute Gasteiger partial charge is 0.125 e. The van der Waals surface area contributed by atoms with Crippen LogP contribution in [-0.2, 0) is 7.05 Å². The van der Waals surface area contributed by atoms with E-state index in [9.17, 15) is 0 Å². The molecule has 0 bridgehead atoms. The van der Waals surface area contributed by atoms with Gasteiger partial charge in [0.15, 0.2) is 0 Å². The van der Waals surface area contributed by atoms with Crippen LogP contribution in [0.15, 0.2) is 42.7 Å². The molecule has 0 radical (unpaired) electrons. The molecule has 0 aliphatic carbocycles. The number of rotatable bonds is 6. The minimum atomic E-state index is 0.235. The van der Waals surface area contributed by atoms with Gasteiger partial charge in [0.25, 0.3) is 0 Å². The zero-order valence-electron chi connectivity index (χ0n) is 12.9. The highest BCUT2D eigenvalue weighted by Crippen LogP contribution is 2.24. The summed E-state index contributed by atoms with van der Waals surface area (Å²) < 4.78 is 2.08. The molecular formula is C17H25N3. The van der Waals surface area contributed by atoms with E-state index < -0.39 is 0 Å². The van der Waals surface area contributed by atoms with E-state index in [1.165, 1.54) is 5.56 Å². The molecule has 1 N–H and O–H groups in total. The number of benzene rings is 1. The molecule has 2 unspecified atom stereocenters. The van der Waals surface area contributed by atoms with E-state index in [2.05, 4.69) is 66.0 Å². The highest BCUT2D eigenvalue weighted by atomic mass is 15.1. The van der Waals surface area contributed by atoms with E-state index in [4.69, 9.17) is 0 Å². The van der Waals surface area contributed by atoms with Gasteiger partial charge in [-0.05, 0) is 24.8 Å². The Morgan fingerprint density at radius 2 is 1.85 bits per heavy atom. The normalized spacial score (nSPS) is 14.4. The van der Waals surface area contributed by atoms with E-state index in [-0.39, 0.29) is 6.04 Å². The number of hydrogen-bond donors (Lipinski definition) is 1. The average Bonchev–Trinajstić information content (AvgIpc) is 2.85. The van der Waals surface area contributed by atoms with Crippen LogP contribution in [0.1, 0.15) is 50.7 Å². The number of aromatic nitrogens is 2. The van der Waals surface area contributed by atoms with Crippen molar-refractivity contribution in [2.24, 2.45) is 13.0 Å². The standard InChI is InChI=1S/C17H25N3/c1-13(2)12-16(15-8-6-5-7-9-15)19-14(3)17-18-10-11-20(17)4/h5-11,13-14,16,19H,12H2,1-4H3. The summed E-state index contributed by atoms with van der Waals surface area (Å²) in [6, 6.07) is 11.3. The van der Waals surface area contributed by atoms with Gasteiger partial charge in [0, 0.05) is 25.5 Å². The first-order valence-electron chi connectivity index (χ1n) is 7.36. The summed E-state index contributed by atoms with van der Waals surface area (Å²) in [5, 5.41) is 3.72. The molecule has 0 aliphatic rings. The number of nitrogens with one attached hydrogen (secondary N) is 1. The Labute approximate surface area is 122 Å². The third-order valence-electron chi connectivity index (χ3n) is 3.61. The fourth-order valence-corrected chi connectivity index (χ4v) is 2.63. The highest BCUT2D eigenvalue weighted by molar-refractivity contribution is 5.19. The van der Waals surface area contributed by atoms with E-state index >= 15 is 0 Å². The molecule has 0 aliphatic heterocycles. The van der Waals surface area contributed by atoms with Gasteiger partial charge in [0.1, 0.15) is 5.82 Å². The van der Waals surface area contributed by atoms with Gasteiger partial charge in [-0.25, -0.2) is 4.98 Å². The van der Waals surface area contributed by atoms with Crippen LogP contribution in [0.4, 0.5) is 0 Å². The maximum atomic E-state index is 4.44. The fourth-order valence-electron chi connectivity index (χ4n) is 2.63. The Balaban J connectivity index is 2.14. The Bertz CT molecular complexity index is 516. The van der Waals surface area contributed by atoms with Crippen molar-refractivity contribution in [1.82, 2.24) is 14.9 Å². The van der Waals surface area contributed by atoms with Crippen LogP contribution in [0, 0.1) is 5.92 Å². The molecular weight excluding hydrogens is 246 g/mol. The second-order valence-electron chi connectivity index (χ2n) is 5.88. The summed E-state index contributed by atoms with van der Waals surface area (Å²) in [6.45, 7) is 6.71. The minimum Gasteiger partial charge on any atom is -0.337 e. The number of hydrogen-bond acceptors (Lipinski definition) is 2. The van der Waals surface area contributed by atoms with Crippen molar-refractivity contribution in [3.8, 4) is 0 Å². The predicted molar refractivity (Wildman–Crippen MR) is 83.4 cm³/mol. The second-order valence-corrected chi connectivity index (χ2v) is 5.88. The molecule has 0 saturated heterocycles. The minimum absolute atomic E-state index is 0.235. The van der Waals surface area contributed by atoms with E-state index in [1.807, 2.05) is 19.4 Å². The third-order valence-corrected chi connectivity index (χ3v) is 3.61. The van der Waals surface area contributed by atoms with E-state index in [0.29, 0.717) is 12.0 Å². The molecule has 2 atom stereocenters. The summed E-state index contributed by atoms with van der Waals surface area (Å²) in [5.41, 5.74) is 1.35. The largest absolute Gasteiger partial charge is 0.337 e. The zero-order chi connectivity index (χ0) is 14.5. The fraction of sp³-hybridized carbons (Fsp3) is 0.471. The quantitative estimate of drug-likeness (QED) is 0.864. The number of aryl methyl sites for hydroxylation is 1. The molecule has 1 aromatic carbocycles. The van der Waals surface area contributed by atoms with Crippen molar-refractivity contribution in [2.75, 3.05) is 0 Å². The van der Waals surface area contributed by atoms with Crippen LogP contribution < -0.4 is 5.32 Å². The molecule has 3 heteroatoms. The average molecular weight is 271 g/mol. The van der Waals surface area contributed by atoms with Gasteiger partial charge in [-0.2, -0.15) is 0 Å². The van der Waals surface area contributed by atoms with Gasteiger partial charge in [-0.3, -0.25) is 0 Å². The van der Waals surface area contributed by atoms with Crippen molar-refractivity contribution in [3.05, 3.63) is 54.1 Å². The molecule has 2 rings (SSSR count). The van der Waals surface area contributed by atoms with E-state index in [0.717, 1.165) is 12.2 Å². The lowest BCUT2D eigenvalue weighted by atomic mass is 9.96. The molecule has 0 saturated carbocycles. The predicted octanol–water partition coefficient (Wildman–Crippen LogP) is 3.86. The van der Waals surface area contributed by atoms with Crippen LogP contribution >= 0.6 is 0 Å². The van der Waals surface area contributed by atoms with Crippen molar-refractivity contribution < 1.29 is 0 Å². The summed E-state index contributed by atoms with van der Waals surface area (Å²) >= 11 is 0. The van der Waals surface area contributed by atoms with Crippen molar-refractivity contribution in [3.63, 3.8) is 0 Å². The van der Waals surface area contributed by atoms with Gasteiger partial charge < -0.3 is 9.88 Å². The molecule has 1 aromatic heterocycles. The van der Waals surface area contributed by atoms with Gasteiger partial charge in [0.2, 0.25) is 0 Å². The Morgan fingerprint density at radius 3 is 2.40 bits per heavy atom. The van der Waals surface area contributed by atoms with Crippen LogP contribution in [0.2, 0.25) is 0 Å². The molecule has 20 heavy (non-hydrogen) atoms. The molecule has 0 amide bonds. The zero-order valence-corrected chi connectivity index (χ0v) is 12.9. The van der Waals surface area contributed by atoms with Gasteiger partial charge in [-0.15, -0.1) is 0 Å². The first-order valence-corrected chi connectivity index (χ1v) is 7.36. The van der Waals surface area contributed by atoms with Gasteiger partial charge in [-0.1, -0.05) is 44.2 Å². The van der Waals surface area contributed by atoms with Crippen LogP contribution in [-0.4, -0.2) is 9.55 Å². The summed E-state index contributed by atoms with van der Waals surface area (Å²) in [5.74, 6) is 1.73. The van der Waals surface area contributed by atoms with Crippen molar-refractivity contribution in [2.45, 2.75) is 39.3 Å². The maximum Gasteiger partial charge on any atom is 0.125 e. The lowest BCUT2D eigenvalue weighted by Gasteiger charge is -2.25. The molecule has 2 aromatic rings. The second kappa shape index (κ2) is 6.71. The number of nitrogens with zero attached hydrogens (tertiary/aromatic N) is 2. The molecule has 1 heterocycles. The summed E-state index contributed by atoms with van der Waals surface area (Å²) in [4.78, 5) is 4.44. The highest BCUT2D eigenvalue weighted by Gasteiger charge is 2.18. The lowest BCUT2D eigenvalue weighted by molar-refractivity contribution is 0.383. The SMILES string of the molecule is CC(C)CC(NC(C)c1nccn1C)c1ccccc1. The lowest BCUT2D eigenvalue weighted by Crippen LogP contribution is -2.27. The van der Waals surface area contributed by atoms with Crippen LogP contribution in [0.5, 0.6) is 0 Å². The topological polar surface area (TPSA) is 29.9 Å².